The number of rotatable bonds is 9. The topological polar surface area (TPSA) is 86.9 Å². The van der Waals surface area contributed by atoms with E-state index in [0.717, 1.165) is 11.5 Å². The molecule has 1 fully saturated rings. The third-order valence-electron chi connectivity index (χ3n) is 3.03. The molecule has 0 amide bonds. The molecule has 1 aromatic rings. The summed E-state index contributed by atoms with van der Waals surface area (Å²) in [5.74, 6) is 1.74. The summed E-state index contributed by atoms with van der Waals surface area (Å²) >= 11 is 1.72. The van der Waals surface area contributed by atoms with E-state index < -0.39 is 10.0 Å². The smallest absolute Gasteiger partial charge is 0.258 e. The lowest BCUT2D eigenvalue weighted by atomic mass is 10.3. The molecular weight excluding hydrogens is 296 g/mol. The molecule has 1 saturated carbocycles. The summed E-state index contributed by atoms with van der Waals surface area (Å²) in [7, 11) is -3.53. The third-order valence-corrected chi connectivity index (χ3v) is 5.78. The molecule has 0 saturated heterocycles. The lowest BCUT2D eigenvalue weighted by Gasteiger charge is -2.13. The van der Waals surface area contributed by atoms with E-state index in [1.54, 1.807) is 18.0 Å². The second kappa shape index (κ2) is 6.93. The van der Waals surface area contributed by atoms with Crippen LogP contribution in [-0.4, -0.2) is 42.2 Å². The summed E-state index contributed by atoms with van der Waals surface area (Å²) in [6.45, 7) is 4.47. The van der Waals surface area contributed by atoms with Crippen LogP contribution in [0.2, 0.25) is 0 Å². The maximum absolute atomic E-state index is 12.3. The van der Waals surface area contributed by atoms with Gasteiger partial charge >= 0.3 is 0 Å². The molecule has 8 heteroatoms. The highest BCUT2D eigenvalue weighted by Gasteiger charge is 2.25. The molecule has 0 bridgehead atoms. The Morgan fingerprint density at radius 3 is 2.95 bits per heavy atom. The van der Waals surface area contributed by atoms with Crippen molar-refractivity contribution < 1.29 is 8.42 Å². The number of hydrogen-bond donors (Lipinski definition) is 3. The van der Waals surface area contributed by atoms with Crippen molar-refractivity contribution in [2.45, 2.75) is 50.3 Å². The molecule has 1 atom stereocenters. The zero-order valence-corrected chi connectivity index (χ0v) is 13.5. The minimum absolute atomic E-state index is 0.0995. The molecule has 1 aliphatic carbocycles. The van der Waals surface area contributed by atoms with E-state index in [1.165, 1.54) is 12.8 Å². The zero-order chi connectivity index (χ0) is 14.6. The van der Waals surface area contributed by atoms with Gasteiger partial charge in [0.1, 0.15) is 0 Å². The van der Waals surface area contributed by atoms with Gasteiger partial charge in [0.2, 0.25) is 0 Å². The van der Waals surface area contributed by atoms with Crippen LogP contribution in [0, 0.1) is 0 Å². The van der Waals surface area contributed by atoms with Gasteiger partial charge in [-0.25, -0.2) is 13.1 Å². The summed E-state index contributed by atoms with van der Waals surface area (Å²) in [5, 5.41) is 9.95. The molecule has 0 aromatic carbocycles. The van der Waals surface area contributed by atoms with Crippen LogP contribution >= 0.6 is 11.8 Å². The molecule has 0 radical (unpaired) electrons. The highest BCUT2D eigenvalue weighted by Crippen LogP contribution is 2.20. The number of aromatic nitrogens is 2. The van der Waals surface area contributed by atoms with Crippen LogP contribution in [0.25, 0.3) is 0 Å². The number of H-pyrrole nitrogens is 1. The van der Waals surface area contributed by atoms with Crippen LogP contribution in [-0.2, 0) is 16.6 Å². The minimum atomic E-state index is -3.53. The fourth-order valence-electron chi connectivity index (χ4n) is 1.85. The number of thioether (sulfide) groups is 1. The quantitative estimate of drug-likeness (QED) is 0.634. The molecule has 20 heavy (non-hydrogen) atoms. The molecule has 0 aliphatic heterocycles. The molecule has 0 spiro atoms. The van der Waals surface area contributed by atoms with E-state index in [2.05, 4.69) is 27.2 Å². The fraction of sp³-hybridized carbons (Fsp3) is 0.750. The molecular formula is C12H22N4O2S2. The number of nitrogens with zero attached hydrogens (tertiary/aromatic N) is 1. The maximum Gasteiger partial charge on any atom is 0.258 e. The van der Waals surface area contributed by atoms with E-state index in [-0.39, 0.29) is 11.1 Å². The first-order chi connectivity index (χ1) is 9.53. The Balaban J connectivity index is 1.98. The first-order valence-corrected chi connectivity index (χ1v) is 9.52. The van der Waals surface area contributed by atoms with Crippen molar-refractivity contribution in [1.29, 1.82) is 0 Å². The summed E-state index contributed by atoms with van der Waals surface area (Å²) in [6, 6.07) is 0.436. The normalized spacial score (nSPS) is 17.3. The lowest BCUT2D eigenvalue weighted by Crippen LogP contribution is -2.35. The maximum atomic E-state index is 12.3. The van der Waals surface area contributed by atoms with Crippen molar-refractivity contribution in [2.24, 2.45) is 0 Å². The van der Waals surface area contributed by atoms with E-state index in [1.807, 2.05) is 6.92 Å². The Hall–Kier alpha value is -0.570. The largest absolute Gasteiger partial charge is 0.310 e. The molecule has 1 unspecified atom stereocenters. The number of aromatic amines is 1. The average Bonchev–Trinajstić information content (AvgIpc) is 3.09. The molecule has 3 N–H and O–H groups in total. The molecule has 2 rings (SSSR count). The SMILES string of the molecule is CCSCC(C)NS(=O)(=O)c1[nH]ncc1CNC1CC1. The lowest BCUT2D eigenvalue weighted by molar-refractivity contribution is 0.563. The number of sulfonamides is 1. The number of nitrogens with one attached hydrogen (secondary N) is 3. The summed E-state index contributed by atoms with van der Waals surface area (Å²) in [6.07, 6.45) is 3.92. The monoisotopic (exact) mass is 318 g/mol. The van der Waals surface area contributed by atoms with Crippen molar-refractivity contribution in [1.82, 2.24) is 20.2 Å². The van der Waals surface area contributed by atoms with Crippen molar-refractivity contribution in [3.05, 3.63) is 11.8 Å². The first kappa shape index (κ1) is 15.8. The van der Waals surface area contributed by atoms with Gasteiger partial charge in [0.05, 0.1) is 6.20 Å². The Kier molecular flexibility index (Phi) is 5.48. The van der Waals surface area contributed by atoms with E-state index in [0.29, 0.717) is 18.2 Å². The Bertz CT molecular complexity index is 525. The van der Waals surface area contributed by atoms with Crippen LogP contribution in [0.15, 0.2) is 11.2 Å². The van der Waals surface area contributed by atoms with Gasteiger partial charge in [0.15, 0.2) is 5.03 Å². The molecule has 1 aliphatic rings. The van der Waals surface area contributed by atoms with Gasteiger partial charge < -0.3 is 5.32 Å². The second-order valence-corrected chi connectivity index (χ2v) is 8.03. The van der Waals surface area contributed by atoms with Crippen LogP contribution in [0.1, 0.15) is 32.3 Å². The predicted molar refractivity (Wildman–Crippen MR) is 81.2 cm³/mol. The molecule has 6 nitrogen and oxygen atoms in total. The Morgan fingerprint density at radius 2 is 2.30 bits per heavy atom. The van der Waals surface area contributed by atoms with Gasteiger partial charge in [0, 0.05) is 29.9 Å². The standard InChI is InChI=1S/C12H22N4O2S2/c1-3-19-8-9(2)16-20(17,18)12-10(7-14-15-12)6-13-11-4-5-11/h7,9,11,13,16H,3-6,8H2,1-2H3,(H,14,15). The van der Waals surface area contributed by atoms with Gasteiger partial charge in [0.25, 0.3) is 10.0 Å². The van der Waals surface area contributed by atoms with Crippen LogP contribution in [0.3, 0.4) is 0 Å². The van der Waals surface area contributed by atoms with Gasteiger partial charge in [-0.3, -0.25) is 5.10 Å². The highest BCUT2D eigenvalue weighted by molar-refractivity contribution is 7.99. The van der Waals surface area contributed by atoms with Crippen molar-refractivity contribution in [2.75, 3.05) is 11.5 Å². The zero-order valence-electron chi connectivity index (χ0n) is 11.8. The molecule has 1 aromatic heterocycles. The van der Waals surface area contributed by atoms with Crippen LogP contribution in [0.5, 0.6) is 0 Å². The molecule has 1 heterocycles. The van der Waals surface area contributed by atoms with Gasteiger partial charge in [-0.15, -0.1) is 0 Å². The van der Waals surface area contributed by atoms with E-state index >= 15 is 0 Å². The van der Waals surface area contributed by atoms with Gasteiger partial charge in [-0.2, -0.15) is 16.9 Å². The van der Waals surface area contributed by atoms with E-state index in [9.17, 15) is 8.42 Å². The number of hydrogen-bond acceptors (Lipinski definition) is 5. The van der Waals surface area contributed by atoms with Gasteiger partial charge in [-0.05, 0) is 25.5 Å². The summed E-state index contributed by atoms with van der Waals surface area (Å²) in [4.78, 5) is 0. The molecule has 114 valence electrons. The average molecular weight is 318 g/mol. The third kappa shape index (κ3) is 4.47. The van der Waals surface area contributed by atoms with E-state index in [4.69, 9.17) is 0 Å². The van der Waals surface area contributed by atoms with Crippen LogP contribution in [0.4, 0.5) is 0 Å². The Labute approximate surface area is 124 Å². The Morgan fingerprint density at radius 1 is 1.55 bits per heavy atom. The van der Waals surface area contributed by atoms with Crippen molar-refractivity contribution in [3.8, 4) is 0 Å². The van der Waals surface area contributed by atoms with Crippen molar-refractivity contribution in [3.63, 3.8) is 0 Å². The minimum Gasteiger partial charge on any atom is -0.310 e. The highest BCUT2D eigenvalue weighted by atomic mass is 32.2. The fourth-order valence-corrected chi connectivity index (χ4v) is 4.00. The summed E-state index contributed by atoms with van der Waals surface area (Å²) in [5.41, 5.74) is 0.694. The predicted octanol–water partition coefficient (Wildman–Crippen LogP) is 1.08. The first-order valence-electron chi connectivity index (χ1n) is 6.88. The second-order valence-electron chi connectivity index (χ2n) is 5.06. The summed E-state index contributed by atoms with van der Waals surface area (Å²) < 4.78 is 27.3. The van der Waals surface area contributed by atoms with Crippen molar-refractivity contribution >= 4 is 21.8 Å². The van der Waals surface area contributed by atoms with Gasteiger partial charge in [-0.1, -0.05) is 6.92 Å². The van der Waals surface area contributed by atoms with Crippen LogP contribution < -0.4 is 10.0 Å².